The monoisotopic (exact) mass is 794 g/mol. The quantitative estimate of drug-likeness (QED) is 0.110. The summed E-state index contributed by atoms with van der Waals surface area (Å²) in [5.41, 5.74) is -3.09. The lowest BCUT2D eigenvalue weighted by molar-refractivity contribution is -0.325. The van der Waals surface area contributed by atoms with E-state index in [1.54, 1.807) is 6.92 Å². The number of rotatable bonds is 6. The molecule has 0 amide bonds. The third kappa shape index (κ3) is 5.85. The van der Waals surface area contributed by atoms with Crippen molar-refractivity contribution >= 4 is 11.9 Å². The van der Waals surface area contributed by atoms with Crippen LogP contribution in [0.1, 0.15) is 106 Å². The third-order valence-electron chi connectivity index (χ3n) is 17.3. The Morgan fingerprint density at radius 1 is 0.768 bits per heavy atom. The lowest BCUT2D eigenvalue weighted by Gasteiger charge is -2.71. The zero-order chi connectivity index (χ0) is 41.1. The van der Waals surface area contributed by atoms with Gasteiger partial charge in [-0.15, -0.1) is 0 Å². The van der Waals surface area contributed by atoms with Gasteiger partial charge in [0, 0.05) is 0 Å². The smallest absolute Gasteiger partial charge is 0.319 e. The number of fused-ring (bicyclic) bond motifs is 7. The topological polar surface area (TPSA) is 233 Å². The van der Waals surface area contributed by atoms with E-state index in [0.29, 0.717) is 38.5 Å². The summed E-state index contributed by atoms with van der Waals surface area (Å²) in [4.78, 5) is 28.8. The van der Waals surface area contributed by atoms with Gasteiger partial charge in [-0.25, -0.2) is 0 Å². The second kappa shape index (κ2) is 14.5. The number of allylic oxidation sites excluding steroid dienone is 1. The van der Waals surface area contributed by atoms with Gasteiger partial charge >= 0.3 is 11.9 Å². The van der Waals surface area contributed by atoms with Crippen molar-refractivity contribution in [3.8, 4) is 0 Å². The fourth-order valence-electron chi connectivity index (χ4n) is 13.8. The lowest BCUT2D eigenvalue weighted by Crippen LogP contribution is -2.69. The van der Waals surface area contributed by atoms with Crippen LogP contribution in [-0.4, -0.2) is 127 Å². The highest BCUT2D eigenvalue weighted by atomic mass is 16.7. The number of ether oxygens (including phenoxy) is 4. The maximum Gasteiger partial charge on any atom is 0.319 e. The van der Waals surface area contributed by atoms with Gasteiger partial charge < -0.3 is 59.8 Å². The van der Waals surface area contributed by atoms with Crippen LogP contribution in [0.2, 0.25) is 0 Å². The number of carboxylic acids is 1. The molecule has 14 nitrogen and oxygen atoms in total. The second-order valence-corrected chi connectivity index (χ2v) is 20.0. The first-order valence-electron chi connectivity index (χ1n) is 20.9. The number of carboxylic acid groups (broad SMARTS) is 1. The van der Waals surface area contributed by atoms with Crippen LogP contribution in [0.5, 0.6) is 0 Å². The molecule has 318 valence electrons. The molecule has 5 aliphatic carbocycles. The number of hydrogen-bond donors (Lipinski definition) is 8. The molecule has 6 fully saturated rings. The van der Waals surface area contributed by atoms with E-state index in [4.69, 9.17) is 18.9 Å². The fourth-order valence-corrected chi connectivity index (χ4v) is 13.8. The Balaban J connectivity index is 1.28. The molecule has 0 aromatic heterocycles. The van der Waals surface area contributed by atoms with Gasteiger partial charge in [0.05, 0.1) is 29.6 Å². The van der Waals surface area contributed by atoms with Crippen molar-refractivity contribution in [2.45, 2.75) is 174 Å². The van der Waals surface area contributed by atoms with Crippen LogP contribution < -0.4 is 0 Å². The Bertz CT molecular complexity index is 1550. The molecule has 0 unspecified atom stereocenters. The largest absolute Gasteiger partial charge is 0.481 e. The third-order valence-corrected chi connectivity index (χ3v) is 17.3. The number of esters is 1. The fraction of sp³-hybridized carbons (Fsp3) is 0.905. The number of carbonyl (C=O) groups is 2. The first kappa shape index (κ1) is 42.4. The summed E-state index contributed by atoms with van der Waals surface area (Å²) < 4.78 is 24.3. The summed E-state index contributed by atoms with van der Waals surface area (Å²) in [5.74, 6) is -1.78. The van der Waals surface area contributed by atoms with E-state index in [1.165, 1.54) is 0 Å². The molecule has 0 spiro atoms. The molecule has 2 aliphatic heterocycles. The van der Waals surface area contributed by atoms with Crippen LogP contribution in [0.3, 0.4) is 0 Å². The van der Waals surface area contributed by atoms with E-state index in [-0.39, 0.29) is 48.0 Å². The van der Waals surface area contributed by atoms with E-state index in [1.807, 2.05) is 0 Å². The normalized spacial score (nSPS) is 54.0. The standard InChI is InChI=1S/C42H66O14/c1-19-10-15-41(36(50)51)16-17-42(37(52)56-35-33(49)31(47)29(45)23(18-43)54-35)22(27(41)20(19)2)8-9-25-39(6)13-12-26(38(4,5)24(39)11-14-40(25,42)7)55-34-32(48)30(46)28(44)21(3)53-34/h8,19-21,23-35,43-49H,9-18H2,1-7H3,(H,50,51)/t19-,20+,21-,23-,24+,25-,26+,27+,28-,29-,30+,31+,32-,33-,34+,35+,39+,40-,41+,42-/m1/s1. The van der Waals surface area contributed by atoms with E-state index < -0.39 is 108 Å². The molecule has 4 saturated carbocycles. The molecular formula is C42H66O14. The molecular weight excluding hydrogens is 728 g/mol. The van der Waals surface area contributed by atoms with E-state index in [2.05, 4.69) is 47.6 Å². The number of aliphatic hydroxyl groups excluding tert-OH is 7. The van der Waals surface area contributed by atoms with Gasteiger partial charge in [-0.2, -0.15) is 0 Å². The van der Waals surface area contributed by atoms with Gasteiger partial charge in [0.25, 0.3) is 0 Å². The van der Waals surface area contributed by atoms with Gasteiger partial charge in [0.1, 0.15) is 42.7 Å². The van der Waals surface area contributed by atoms with Crippen molar-refractivity contribution in [3.63, 3.8) is 0 Å². The van der Waals surface area contributed by atoms with Gasteiger partial charge in [0.15, 0.2) is 6.29 Å². The Kier molecular flexibility index (Phi) is 11.0. The Morgan fingerprint density at radius 2 is 1.43 bits per heavy atom. The van der Waals surface area contributed by atoms with Crippen molar-refractivity contribution in [2.24, 2.45) is 56.7 Å². The van der Waals surface area contributed by atoms with E-state index in [0.717, 1.165) is 12.0 Å². The second-order valence-electron chi connectivity index (χ2n) is 20.0. The molecule has 20 atom stereocenters. The average Bonchev–Trinajstić information content (AvgIpc) is 3.14. The predicted molar refractivity (Wildman–Crippen MR) is 198 cm³/mol. The van der Waals surface area contributed by atoms with Crippen molar-refractivity contribution in [1.82, 2.24) is 0 Å². The molecule has 0 aromatic carbocycles. The van der Waals surface area contributed by atoms with Crippen LogP contribution in [0.25, 0.3) is 0 Å². The molecule has 0 radical (unpaired) electrons. The first-order chi connectivity index (χ1) is 26.1. The summed E-state index contributed by atoms with van der Waals surface area (Å²) >= 11 is 0. The summed E-state index contributed by atoms with van der Waals surface area (Å²) in [6.07, 6.45) is -7.29. The summed E-state index contributed by atoms with van der Waals surface area (Å²) in [6, 6.07) is 0. The number of hydrogen-bond acceptors (Lipinski definition) is 13. The average molecular weight is 795 g/mol. The van der Waals surface area contributed by atoms with Crippen molar-refractivity contribution in [2.75, 3.05) is 6.61 Å². The summed E-state index contributed by atoms with van der Waals surface area (Å²) in [6.45, 7) is 13.9. The number of carbonyl (C=O) groups excluding carboxylic acids is 1. The number of aliphatic carboxylic acids is 1. The molecule has 2 heterocycles. The van der Waals surface area contributed by atoms with Crippen molar-refractivity contribution < 1.29 is 69.4 Å². The minimum absolute atomic E-state index is 0.0517. The van der Waals surface area contributed by atoms with E-state index in [9.17, 15) is 45.6 Å². The molecule has 0 aromatic rings. The van der Waals surface area contributed by atoms with Crippen LogP contribution in [0.4, 0.5) is 0 Å². The molecule has 0 bridgehead atoms. The van der Waals surface area contributed by atoms with Gasteiger partial charge in [-0.3, -0.25) is 9.59 Å². The van der Waals surface area contributed by atoms with Crippen LogP contribution in [0, 0.1) is 56.7 Å². The Labute approximate surface area is 329 Å². The van der Waals surface area contributed by atoms with E-state index >= 15 is 4.79 Å². The van der Waals surface area contributed by atoms with Crippen molar-refractivity contribution in [3.05, 3.63) is 11.6 Å². The molecule has 7 aliphatic rings. The Hall–Kier alpha value is -1.72. The van der Waals surface area contributed by atoms with Crippen LogP contribution >= 0.6 is 0 Å². The molecule has 14 heteroatoms. The number of aliphatic hydroxyl groups is 7. The minimum atomic E-state index is -1.79. The Morgan fingerprint density at radius 3 is 2.09 bits per heavy atom. The maximum atomic E-state index is 15.4. The highest BCUT2D eigenvalue weighted by Gasteiger charge is 2.74. The molecule has 8 N–H and O–H groups in total. The summed E-state index contributed by atoms with van der Waals surface area (Å²) in [5, 5.41) is 84.7. The minimum Gasteiger partial charge on any atom is -0.481 e. The summed E-state index contributed by atoms with van der Waals surface area (Å²) in [7, 11) is 0. The van der Waals surface area contributed by atoms with Gasteiger partial charge in [-0.05, 0) is 111 Å². The van der Waals surface area contributed by atoms with Crippen LogP contribution in [0.15, 0.2) is 11.6 Å². The first-order valence-corrected chi connectivity index (χ1v) is 20.9. The van der Waals surface area contributed by atoms with Crippen molar-refractivity contribution in [1.29, 1.82) is 0 Å². The molecule has 7 rings (SSSR count). The maximum absolute atomic E-state index is 15.4. The van der Waals surface area contributed by atoms with Gasteiger partial charge in [-0.1, -0.05) is 53.2 Å². The lowest BCUT2D eigenvalue weighted by atomic mass is 9.33. The molecule has 56 heavy (non-hydrogen) atoms. The zero-order valence-corrected chi connectivity index (χ0v) is 33.9. The molecule has 2 saturated heterocycles. The highest BCUT2D eigenvalue weighted by molar-refractivity contribution is 5.85. The van der Waals surface area contributed by atoms with Gasteiger partial charge in [0.2, 0.25) is 6.29 Å². The predicted octanol–water partition coefficient (Wildman–Crippen LogP) is 2.26. The SMILES string of the molecule is C[C@H]1[C@H](C)CC[C@]2(C(=O)O)CC[C@]3(C(=O)O[C@@H]4O[C@H](CO)[C@@H](O)[C@H](O)[C@H]4O)C(=CC[C@@H]4[C@@]5(C)CC[C@H](O[C@@H]6O[C@H](C)[C@@H](O)[C@H](O)[C@H]6O)C(C)(C)[C@@H]5CC[C@]43C)[C@H]12. The highest BCUT2D eigenvalue weighted by Crippen LogP contribution is 2.76. The zero-order valence-electron chi connectivity index (χ0n) is 33.9. The van der Waals surface area contributed by atoms with Crippen LogP contribution in [-0.2, 0) is 28.5 Å².